The highest BCUT2D eigenvalue weighted by molar-refractivity contribution is 9.09. The van der Waals surface area contributed by atoms with Gasteiger partial charge in [-0.15, -0.1) is 0 Å². The summed E-state index contributed by atoms with van der Waals surface area (Å²) in [5.74, 6) is -0.474. The maximum Gasteiger partial charge on any atom is 0.129 e. The monoisotopic (exact) mass is 304 g/mol. The molecule has 94 valence electrons. The highest BCUT2D eigenvalue weighted by atomic mass is 79.9. The predicted octanol–water partition coefficient (Wildman–Crippen LogP) is 3.70. The molecule has 17 heavy (non-hydrogen) atoms. The minimum atomic E-state index is -0.525. The topological polar surface area (TPSA) is 9.23 Å². The summed E-state index contributed by atoms with van der Waals surface area (Å²) in [6.45, 7) is 1.55. The molecule has 0 amide bonds. The smallest absolute Gasteiger partial charge is 0.129 e. The van der Waals surface area contributed by atoms with E-state index < -0.39 is 11.6 Å². The molecule has 0 aromatic heterocycles. The lowest BCUT2D eigenvalue weighted by Gasteiger charge is -2.26. The third kappa shape index (κ3) is 3.49. The Morgan fingerprint density at radius 1 is 1.29 bits per heavy atom. The van der Waals surface area contributed by atoms with Gasteiger partial charge in [-0.2, -0.15) is 0 Å². The zero-order chi connectivity index (χ0) is 12.3. The van der Waals surface area contributed by atoms with E-state index in [1.165, 1.54) is 12.1 Å². The fourth-order valence-electron chi connectivity index (χ4n) is 2.14. The first-order valence-corrected chi connectivity index (χ1v) is 6.74. The van der Waals surface area contributed by atoms with Gasteiger partial charge in [-0.05, 0) is 36.8 Å². The minimum Gasteiger partial charge on any atom is -0.381 e. The third-order valence-electron chi connectivity index (χ3n) is 3.21. The summed E-state index contributed by atoms with van der Waals surface area (Å²) in [6.07, 6.45) is 2.59. The summed E-state index contributed by atoms with van der Waals surface area (Å²) in [6, 6.07) is 3.78. The largest absolute Gasteiger partial charge is 0.381 e. The molecule has 0 radical (unpaired) electrons. The number of rotatable bonds is 3. The number of benzene rings is 1. The molecular formula is C13H15BrF2O. The van der Waals surface area contributed by atoms with Crippen LogP contribution < -0.4 is 0 Å². The number of hydrogen-bond acceptors (Lipinski definition) is 1. The fraction of sp³-hybridized carbons (Fsp3) is 0.538. The van der Waals surface area contributed by atoms with Crippen LogP contribution >= 0.6 is 15.9 Å². The summed E-state index contributed by atoms with van der Waals surface area (Å²) in [7, 11) is 0. The van der Waals surface area contributed by atoms with Crippen LogP contribution in [-0.2, 0) is 11.2 Å². The van der Waals surface area contributed by atoms with E-state index in [0.29, 0.717) is 17.9 Å². The Balaban J connectivity index is 1.99. The Hall–Kier alpha value is -0.480. The molecule has 0 aliphatic carbocycles. The second-order valence-electron chi connectivity index (χ2n) is 4.41. The van der Waals surface area contributed by atoms with Crippen LogP contribution in [0, 0.1) is 17.6 Å². The summed E-state index contributed by atoms with van der Waals surface area (Å²) in [5.41, 5.74) is 0.569. The zero-order valence-electron chi connectivity index (χ0n) is 9.46. The van der Waals surface area contributed by atoms with Crippen molar-refractivity contribution in [3.8, 4) is 0 Å². The van der Waals surface area contributed by atoms with Gasteiger partial charge >= 0.3 is 0 Å². The molecule has 1 aromatic rings. The molecule has 0 N–H and O–H groups in total. The molecule has 4 heteroatoms. The molecule has 0 spiro atoms. The molecule has 1 nitrogen and oxygen atoms in total. The zero-order valence-corrected chi connectivity index (χ0v) is 11.1. The van der Waals surface area contributed by atoms with Crippen molar-refractivity contribution in [1.29, 1.82) is 0 Å². The van der Waals surface area contributed by atoms with Gasteiger partial charge in [0.2, 0.25) is 0 Å². The van der Waals surface area contributed by atoms with Crippen LogP contribution in [0.4, 0.5) is 8.78 Å². The molecule has 1 fully saturated rings. The van der Waals surface area contributed by atoms with Gasteiger partial charge in [-0.25, -0.2) is 8.78 Å². The lowest BCUT2D eigenvalue weighted by molar-refractivity contribution is 0.0662. The van der Waals surface area contributed by atoms with E-state index in [4.69, 9.17) is 4.74 Å². The van der Waals surface area contributed by atoms with Crippen LogP contribution in [0.2, 0.25) is 0 Å². The normalized spacial score (nSPS) is 19.2. The number of alkyl halides is 1. The second-order valence-corrected chi connectivity index (χ2v) is 5.58. The van der Waals surface area contributed by atoms with Crippen molar-refractivity contribution in [3.63, 3.8) is 0 Å². The Labute approximate surface area is 108 Å². The lowest BCUT2D eigenvalue weighted by atomic mass is 9.92. The van der Waals surface area contributed by atoms with Gasteiger partial charge in [0.15, 0.2) is 0 Å². The van der Waals surface area contributed by atoms with E-state index in [9.17, 15) is 8.78 Å². The van der Waals surface area contributed by atoms with E-state index in [1.54, 1.807) is 0 Å². The Bertz CT molecular complexity index is 378. The molecule has 1 saturated heterocycles. The SMILES string of the molecule is Fc1ccc(CC(Br)C2CCOCC2)c(F)c1. The van der Waals surface area contributed by atoms with Crippen molar-refractivity contribution in [1.82, 2.24) is 0 Å². The predicted molar refractivity (Wildman–Crippen MR) is 66.3 cm³/mol. The van der Waals surface area contributed by atoms with Gasteiger partial charge in [0.25, 0.3) is 0 Å². The quantitative estimate of drug-likeness (QED) is 0.774. The standard InChI is InChI=1S/C13H15BrF2O/c14-12(9-3-5-17-6-4-9)7-10-1-2-11(15)8-13(10)16/h1-2,8-9,12H,3-7H2. The van der Waals surface area contributed by atoms with Gasteiger partial charge < -0.3 is 4.74 Å². The number of hydrogen-bond donors (Lipinski definition) is 0. The first kappa shape index (κ1) is 13.0. The van der Waals surface area contributed by atoms with Crippen molar-refractivity contribution >= 4 is 15.9 Å². The molecule has 1 aliphatic rings. The third-order valence-corrected chi connectivity index (χ3v) is 4.28. The van der Waals surface area contributed by atoms with Gasteiger partial charge in [-0.3, -0.25) is 0 Å². The van der Waals surface area contributed by atoms with E-state index in [2.05, 4.69) is 15.9 Å². The van der Waals surface area contributed by atoms with Gasteiger partial charge in [0, 0.05) is 24.1 Å². The highest BCUT2D eigenvalue weighted by Crippen LogP contribution is 2.27. The molecule has 1 heterocycles. The molecule has 1 unspecified atom stereocenters. The van der Waals surface area contributed by atoms with Gasteiger partial charge in [-0.1, -0.05) is 22.0 Å². The van der Waals surface area contributed by atoms with Crippen LogP contribution in [0.25, 0.3) is 0 Å². The van der Waals surface area contributed by atoms with Crippen molar-refractivity contribution in [2.24, 2.45) is 5.92 Å². The first-order valence-electron chi connectivity index (χ1n) is 5.82. The molecule has 2 rings (SSSR count). The van der Waals surface area contributed by atoms with E-state index in [0.717, 1.165) is 32.1 Å². The summed E-state index contributed by atoms with van der Waals surface area (Å²) >= 11 is 3.61. The van der Waals surface area contributed by atoms with Gasteiger partial charge in [0.05, 0.1) is 0 Å². The summed E-state index contributed by atoms with van der Waals surface area (Å²) < 4.78 is 31.6. The highest BCUT2D eigenvalue weighted by Gasteiger charge is 2.22. The van der Waals surface area contributed by atoms with Crippen LogP contribution in [0.5, 0.6) is 0 Å². The fourth-order valence-corrected chi connectivity index (χ4v) is 3.02. The van der Waals surface area contributed by atoms with Crippen molar-refractivity contribution in [3.05, 3.63) is 35.4 Å². The van der Waals surface area contributed by atoms with Crippen LogP contribution in [0.3, 0.4) is 0 Å². The summed E-state index contributed by atoms with van der Waals surface area (Å²) in [5, 5.41) is 0. The van der Waals surface area contributed by atoms with Crippen molar-refractivity contribution in [2.45, 2.75) is 24.1 Å². The lowest BCUT2D eigenvalue weighted by Crippen LogP contribution is -2.25. The van der Waals surface area contributed by atoms with Gasteiger partial charge in [0.1, 0.15) is 11.6 Å². The maximum atomic E-state index is 13.5. The molecule has 1 atom stereocenters. The van der Waals surface area contributed by atoms with Crippen molar-refractivity contribution < 1.29 is 13.5 Å². The minimum absolute atomic E-state index is 0.228. The second kappa shape index (κ2) is 5.91. The van der Waals surface area contributed by atoms with E-state index in [1.807, 2.05) is 0 Å². The first-order chi connectivity index (χ1) is 8.16. The molecule has 0 saturated carbocycles. The average molecular weight is 305 g/mol. The van der Waals surface area contributed by atoms with Crippen LogP contribution in [-0.4, -0.2) is 18.0 Å². The molecular weight excluding hydrogens is 290 g/mol. The van der Waals surface area contributed by atoms with Crippen LogP contribution in [0.1, 0.15) is 18.4 Å². The number of halogens is 3. The Morgan fingerprint density at radius 2 is 2.00 bits per heavy atom. The van der Waals surface area contributed by atoms with Crippen molar-refractivity contribution in [2.75, 3.05) is 13.2 Å². The van der Waals surface area contributed by atoms with E-state index in [-0.39, 0.29) is 4.83 Å². The number of ether oxygens (including phenoxy) is 1. The molecule has 0 bridgehead atoms. The maximum absolute atomic E-state index is 13.5. The average Bonchev–Trinajstić information content (AvgIpc) is 2.34. The van der Waals surface area contributed by atoms with E-state index >= 15 is 0 Å². The molecule has 1 aromatic carbocycles. The molecule has 1 aliphatic heterocycles. The van der Waals surface area contributed by atoms with Crippen LogP contribution in [0.15, 0.2) is 18.2 Å². The summed E-state index contributed by atoms with van der Waals surface area (Å²) in [4.78, 5) is 0.228. The Kier molecular flexibility index (Phi) is 4.51. The Morgan fingerprint density at radius 3 is 2.65 bits per heavy atom.